The molecule has 0 aliphatic heterocycles. The number of carbonyl (C=O) groups excluding carboxylic acids is 2. The van der Waals surface area contributed by atoms with Crippen LogP contribution in [-0.2, 0) is 23.8 Å². The van der Waals surface area contributed by atoms with Crippen LogP contribution in [0.5, 0.6) is 0 Å². The van der Waals surface area contributed by atoms with Crippen molar-refractivity contribution in [1.82, 2.24) is 0 Å². The Balaban J connectivity index is 4.23. The van der Waals surface area contributed by atoms with Gasteiger partial charge in [0.05, 0.1) is 6.61 Å². The molecular formula is C61H114O5. The topological polar surface area (TPSA) is 61.8 Å². The summed E-state index contributed by atoms with van der Waals surface area (Å²) in [5.74, 6) is -0.386. The molecule has 0 fully saturated rings. The van der Waals surface area contributed by atoms with Crippen molar-refractivity contribution in [2.45, 2.75) is 322 Å². The summed E-state index contributed by atoms with van der Waals surface area (Å²) in [5, 5.41) is 0. The molecule has 5 nitrogen and oxygen atoms in total. The molecular weight excluding hydrogens is 813 g/mol. The fourth-order valence-electron chi connectivity index (χ4n) is 8.82. The van der Waals surface area contributed by atoms with Gasteiger partial charge in [0.25, 0.3) is 0 Å². The lowest BCUT2D eigenvalue weighted by molar-refractivity contribution is -0.163. The lowest BCUT2D eigenvalue weighted by Crippen LogP contribution is -2.30. The largest absolute Gasteiger partial charge is 0.462 e. The molecule has 1 atom stereocenters. The summed E-state index contributed by atoms with van der Waals surface area (Å²) in [6.45, 7) is 7.78. The summed E-state index contributed by atoms with van der Waals surface area (Å²) >= 11 is 0. The number of esters is 2. The predicted octanol–water partition coefficient (Wildman–Crippen LogP) is 20.1. The SMILES string of the molecule is CC/C=C\C/C=C\C/C=C\CCCCCCCCCC(=O)OCC(COCCCCCCCCCCCCCCCCCC)OC(=O)CCCCCCCCCCCCCCCCCCC. The smallest absolute Gasteiger partial charge is 0.306 e. The van der Waals surface area contributed by atoms with Crippen LogP contribution in [0.15, 0.2) is 36.5 Å². The van der Waals surface area contributed by atoms with Gasteiger partial charge in [0.15, 0.2) is 6.10 Å². The van der Waals surface area contributed by atoms with Gasteiger partial charge in [0.2, 0.25) is 0 Å². The first kappa shape index (κ1) is 64.1. The Morgan fingerprint density at radius 2 is 0.682 bits per heavy atom. The molecule has 0 radical (unpaired) electrons. The normalized spacial score (nSPS) is 12.3. The maximum atomic E-state index is 12.9. The first-order valence-electron chi connectivity index (χ1n) is 29.5. The molecule has 0 heterocycles. The third-order valence-corrected chi connectivity index (χ3v) is 13.2. The molecule has 388 valence electrons. The Labute approximate surface area is 412 Å². The molecule has 5 heteroatoms. The molecule has 0 saturated heterocycles. The van der Waals surface area contributed by atoms with Gasteiger partial charge in [-0.25, -0.2) is 0 Å². The maximum absolute atomic E-state index is 12.9. The summed E-state index contributed by atoms with van der Waals surface area (Å²) in [7, 11) is 0. The highest BCUT2D eigenvalue weighted by Crippen LogP contribution is 2.17. The van der Waals surface area contributed by atoms with E-state index in [1.54, 1.807) is 0 Å². The highest BCUT2D eigenvalue weighted by Gasteiger charge is 2.17. The van der Waals surface area contributed by atoms with Crippen LogP contribution in [0.4, 0.5) is 0 Å². The third kappa shape index (κ3) is 54.7. The molecule has 0 amide bonds. The number of rotatable bonds is 55. The van der Waals surface area contributed by atoms with Crippen molar-refractivity contribution in [2.24, 2.45) is 0 Å². The van der Waals surface area contributed by atoms with E-state index in [0.29, 0.717) is 26.1 Å². The average molecular weight is 928 g/mol. The monoisotopic (exact) mass is 927 g/mol. The van der Waals surface area contributed by atoms with E-state index >= 15 is 0 Å². The van der Waals surface area contributed by atoms with Crippen molar-refractivity contribution in [3.8, 4) is 0 Å². The Kier molecular flexibility index (Phi) is 55.8. The van der Waals surface area contributed by atoms with Crippen molar-refractivity contribution >= 4 is 11.9 Å². The minimum absolute atomic E-state index is 0.0869. The molecule has 0 N–H and O–H groups in total. The Bertz CT molecular complexity index is 1050. The van der Waals surface area contributed by atoms with E-state index in [-0.39, 0.29) is 18.5 Å². The van der Waals surface area contributed by atoms with Gasteiger partial charge in [0.1, 0.15) is 6.61 Å². The predicted molar refractivity (Wildman–Crippen MR) is 288 cm³/mol. The number of hydrogen-bond donors (Lipinski definition) is 0. The first-order chi connectivity index (χ1) is 32.6. The Hall–Kier alpha value is -1.88. The minimum atomic E-state index is -0.535. The van der Waals surface area contributed by atoms with Gasteiger partial charge in [-0.05, 0) is 51.4 Å². The maximum Gasteiger partial charge on any atom is 0.306 e. The van der Waals surface area contributed by atoms with Gasteiger partial charge in [0, 0.05) is 19.4 Å². The van der Waals surface area contributed by atoms with Crippen molar-refractivity contribution in [2.75, 3.05) is 19.8 Å². The lowest BCUT2D eigenvalue weighted by atomic mass is 10.0. The highest BCUT2D eigenvalue weighted by atomic mass is 16.6. The molecule has 0 aliphatic carbocycles. The summed E-state index contributed by atoms with van der Waals surface area (Å²) in [5.41, 5.74) is 0. The number of unbranched alkanes of at least 4 members (excludes halogenated alkanes) is 38. The van der Waals surface area contributed by atoms with E-state index in [1.807, 2.05) is 0 Å². The zero-order chi connectivity index (χ0) is 47.7. The van der Waals surface area contributed by atoms with Crippen LogP contribution in [0.2, 0.25) is 0 Å². The van der Waals surface area contributed by atoms with Crippen LogP contribution in [0.25, 0.3) is 0 Å². The van der Waals surface area contributed by atoms with E-state index in [2.05, 4.69) is 57.2 Å². The second-order valence-corrected chi connectivity index (χ2v) is 19.9. The minimum Gasteiger partial charge on any atom is -0.462 e. The first-order valence-corrected chi connectivity index (χ1v) is 29.5. The van der Waals surface area contributed by atoms with Crippen LogP contribution >= 0.6 is 0 Å². The van der Waals surface area contributed by atoms with Gasteiger partial charge < -0.3 is 14.2 Å². The van der Waals surface area contributed by atoms with Crippen molar-refractivity contribution in [1.29, 1.82) is 0 Å². The zero-order valence-electron chi connectivity index (χ0n) is 44.7. The quantitative estimate of drug-likeness (QED) is 0.0345. The summed E-state index contributed by atoms with van der Waals surface area (Å²) in [6.07, 6.45) is 70.2. The Morgan fingerprint density at radius 3 is 1.09 bits per heavy atom. The molecule has 0 aliphatic rings. The van der Waals surface area contributed by atoms with Gasteiger partial charge in [-0.2, -0.15) is 0 Å². The van der Waals surface area contributed by atoms with Gasteiger partial charge in [-0.1, -0.05) is 288 Å². The number of carbonyl (C=O) groups is 2. The highest BCUT2D eigenvalue weighted by molar-refractivity contribution is 5.70. The molecule has 0 spiro atoms. The number of ether oxygens (including phenoxy) is 3. The fraction of sp³-hybridized carbons (Fsp3) is 0.869. The van der Waals surface area contributed by atoms with Crippen LogP contribution < -0.4 is 0 Å². The summed E-state index contributed by atoms with van der Waals surface area (Å²) in [6, 6.07) is 0. The van der Waals surface area contributed by atoms with E-state index in [9.17, 15) is 9.59 Å². The van der Waals surface area contributed by atoms with Gasteiger partial charge in [-0.3, -0.25) is 9.59 Å². The van der Waals surface area contributed by atoms with Crippen LogP contribution in [0, 0.1) is 0 Å². The molecule has 0 bridgehead atoms. The zero-order valence-corrected chi connectivity index (χ0v) is 44.7. The van der Waals surface area contributed by atoms with Crippen molar-refractivity contribution in [3.05, 3.63) is 36.5 Å². The van der Waals surface area contributed by atoms with Crippen LogP contribution in [0.3, 0.4) is 0 Å². The van der Waals surface area contributed by atoms with Gasteiger partial charge >= 0.3 is 11.9 Å². The second kappa shape index (κ2) is 57.4. The van der Waals surface area contributed by atoms with E-state index in [0.717, 1.165) is 64.2 Å². The van der Waals surface area contributed by atoms with E-state index in [1.165, 1.54) is 218 Å². The molecule has 66 heavy (non-hydrogen) atoms. The summed E-state index contributed by atoms with van der Waals surface area (Å²) < 4.78 is 17.5. The molecule has 0 rings (SSSR count). The molecule has 0 aromatic carbocycles. The van der Waals surface area contributed by atoms with Gasteiger partial charge in [-0.15, -0.1) is 0 Å². The standard InChI is InChI=1S/C61H114O5/c1-4-7-10-13-16-19-22-25-28-31-33-36-39-42-45-48-51-54-60(62)65-58-59(57-64-56-53-50-47-44-41-38-35-30-27-24-21-18-15-12-9-6-3)66-61(63)55-52-49-46-43-40-37-34-32-29-26-23-20-17-14-11-8-5-2/h7,10,16,19,25,28,59H,4-6,8-9,11-15,17-18,20-24,26-27,29-58H2,1-3H3/b10-7-,19-16-,28-25-. The molecule has 0 aromatic heterocycles. The third-order valence-electron chi connectivity index (χ3n) is 13.2. The van der Waals surface area contributed by atoms with Crippen LogP contribution in [0.1, 0.15) is 316 Å². The fourth-order valence-corrected chi connectivity index (χ4v) is 8.82. The lowest BCUT2D eigenvalue weighted by Gasteiger charge is -2.18. The average Bonchev–Trinajstić information content (AvgIpc) is 3.32. The number of hydrogen-bond acceptors (Lipinski definition) is 5. The molecule has 1 unspecified atom stereocenters. The second-order valence-electron chi connectivity index (χ2n) is 19.9. The van der Waals surface area contributed by atoms with Crippen molar-refractivity contribution in [3.63, 3.8) is 0 Å². The van der Waals surface area contributed by atoms with E-state index in [4.69, 9.17) is 14.2 Å². The van der Waals surface area contributed by atoms with E-state index < -0.39 is 6.10 Å². The van der Waals surface area contributed by atoms with Crippen molar-refractivity contribution < 1.29 is 23.8 Å². The van der Waals surface area contributed by atoms with Crippen LogP contribution in [-0.4, -0.2) is 37.9 Å². The molecule has 0 saturated carbocycles. The number of allylic oxidation sites excluding steroid dienone is 6. The molecule has 0 aromatic rings. The summed E-state index contributed by atoms with van der Waals surface area (Å²) in [4.78, 5) is 25.5. The Morgan fingerprint density at radius 1 is 0.348 bits per heavy atom.